The average molecular weight is 309 g/mol. The number of hydrogen-bond acceptors (Lipinski definition) is 5. The SMILES string of the molecule is COC(=O)C1CN(C(C)c2ccccc2)C1.O=C(O)C(=O)O. The molecule has 0 bridgehead atoms. The number of carboxylic acid groups (broad SMARTS) is 2. The predicted molar refractivity (Wildman–Crippen MR) is 77.2 cm³/mol. The standard InChI is InChI=1S/C13H17NO2.C2H2O4/c1-10(11-6-4-3-5-7-11)14-8-12(9-14)13(15)16-2;3-1(4)2(5)6/h3-7,10,12H,8-9H2,1-2H3;(H,3,4)(H,5,6). The van der Waals surface area contributed by atoms with E-state index in [4.69, 9.17) is 24.5 Å². The van der Waals surface area contributed by atoms with Gasteiger partial charge in [-0.25, -0.2) is 9.59 Å². The van der Waals surface area contributed by atoms with Gasteiger partial charge in [-0.3, -0.25) is 9.69 Å². The second kappa shape index (κ2) is 8.14. The van der Waals surface area contributed by atoms with Crippen LogP contribution in [0.1, 0.15) is 18.5 Å². The molecular formula is C15H19NO6. The van der Waals surface area contributed by atoms with Crippen molar-refractivity contribution in [2.75, 3.05) is 20.2 Å². The van der Waals surface area contributed by atoms with Gasteiger partial charge in [0.1, 0.15) is 0 Å². The van der Waals surface area contributed by atoms with Crippen molar-refractivity contribution < 1.29 is 29.3 Å². The number of esters is 1. The van der Waals surface area contributed by atoms with Crippen molar-refractivity contribution in [2.45, 2.75) is 13.0 Å². The maximum absolute atomic E-state index is 11.2. The zero-order chi connectivity index (χ0) is 16.7. The number of aliphatic carboxylic acids is 2. The summed E-state index contributed by atoms with van der Waals surface area (Å²) in [6, 6.07) is 10.7. The van der Waals surface area contributed by atoms with Gasteiger partial charge in [-0.05, 0) is 12.5 Å². The topological polar surface area (TPSA) is 104 Å². The van der Waals surface area contributed by atoms with E-state index in [9.17, 15) is 4.79 Å². The maximum Gasteiger partial charge on any atom is 0.414 e. The van der Waals surface area contributed by atoms with Gasteiger partial charge in [-0.1, -0.05) is 30.3 Å². The summed E-state index contributed by atoms with van der Waals surface area (Å²) in [5.74, 6) is -3.67. The number of nitrogens with zero attached hydrogens (tertiary/aromatic N) is 1. The lowest BCUT2D eigenvalue weighted by Gasteiger charge is -2.41. The highest BCUT2D eigenvalue weighted by Gasteiger charge is 2.36. The number of carbonyl (C=O) groups is 3. The third-order valence-corrected chi connectivity index (χ3v) is 3.46. The van der Waals surface area contributed by atoms with Gasteiger partial charge in [-0.15, -0.1) is 0 Å². The summed E-state index contributed by atoms with van der Waals surface area (Å²) in [7, 11) is 1.45. The number of likely N-dealkylation sites (tertiary alicyclic amines) is 1. The first kappa shape index (κ1) is 17.6. The molecule has 1 aliphatic rings. The van der Waals surface area contributed by atoms with Crippen LogP contribution in [-0.2, 0) is 19.1 Å². The monoisotopic (exact) mass is 309 g/mol. The fourth-order valence-corrected chi connectivity index (χ4v) is 2.09. The van der Waals surface area contributed by atoms with Crippen molar-refractivity contribution in [1.29, 1.82) is 0 Å². The van der Waals surface area contributed by atoms with E-state index in [0.29, 0.717) is 6.04 Å². The van der Waals surface area contributed by atoms with E-state index < -0.39 is 11.9 Å². The lowest BCUT2D eigenvalue weighted by molar-refractivity contribution is -0.159. The summed E-state index contributed by atoms with van der Waals surface area (Å²) in [6.45, 7) is 3.79. The van der Waals surface area contributed by atoms with Crippen LogP contribution in [0, 0.1) is 5.92 Å². The van der Waals surface area contributed by atoms with Crippen molar-refractivity contribution >= 4 is 17.9 Å². The Morgan fingerprint density at radius 2 is 1.64 bits per heavy atom. The van der Waals surface area contributed by atoms with Gasteiger partial charge in [0.2, 0.25) is 0 Å². The van der Waals surface area contributed by atoms with Gasteiger partial charge in [0, 0.05) is 19.1 Å². The molecule has 0 saturated carbocycles. The van der Waals surface area contributed by atoms with Crippen molar-refractivity contribution in [3.05, 3.63) is 35.9 Å². The minimum absolute atomic E-state index is 0.0659. The molecule has 1 fully saturated rings. The van der Waals surface area contributed by atoms with Crippen LogP contribution < -0.4 is 0 Å². The highest BCUT2D eigenvalue weighted by Crippen LogP contribution is 2.28. The smallest absolute Gasteiger partial charge is 0.414 e. The molecule has 1 aliphatic heterocycles. The van der Waals surface area contributed by atoms with Crippen LogP contribution in [0.25, 0.3) is 0 Å². The van der Waals surface area contributed by atoms with E-state index in [2.05, 4.69) is 24.0 Å². The van der Waals surface area contributed by atoms with Crippen LogP contribution >= 0.6 is 0 Å². The first-order valence-corrected chi connectivity index (χ1v) is 6.69. The summed E-state index contributed by atoms with van der Waals surface area (Å²) in [5.41, 5.74) is 1.30. The first-order chi connectivity index (χ1) is 10.4. The third kappa shape index (κ3) is 4.85. The Morgan fingerprint density at radius 3 is 2.05 bits per heavy atom. The molecule has 0 spiro atoms. The van der Waals surface area contributed by atoms with E-state index in [1.807, 2.05) is 18.2 Å². The van der Waals surface area contributed by atoms with Crippen LogP contribution in [-0.4, -0.2) is 53.2 Å². The minimum atomic E-state index is -1.82. The summed E-state index contributed by atoms with van der Waals surface area (Å²) >= 11 is 0. The van der Waals surface area contributed by atoms with E-state index in [-0.39, 0.29) is 11.9 Å². The molecule has 1 aromatic rings. The fraction of sp³-hybridized carbons (Fsp3) is 0.400. The molecule has 1 atom stereocenters. The summed E-state index contributed by atoms with van der Waals surface area (Å²) in [6.07, 6.45) is 0. The Hall–Kier alpha value is -2.41. The number of ether oxygens (including phenoxy) is 1. The molecule has 0 aliphatic carbocycles. The van der Waals surface area contributed by atoms with Gasteiger partial charge >= 0.3 is 17.9 Å². The zero-order valence-corrected chi connectivity index (χ0v) is 12.4. The first-order valence-electron chi connectivity index (χ1n) is 6.69. The molecule has 1 unspecified atom stereocenters. The van der Waals surface area contributed by atoms with Crippen molar-refractivity contribution in [2.24, 2.45) is 5.92 Å². The molecular weight excluding hydrogens is 290 g/mol. The molecule has 2 rings (SSSR count). The Kier molecular flexibility index (Phi) is 6.52. The van der Waals surface area contributed by atoms with Gasteiger partial charge in [0.05, 0.1) is 13.0 Å². The quantitative estimate of drug-likeness (QED) is 0.634. The number of methoxy groups -OCH3 is 1. The van der Waals surface area contributed by atoms with E-state index in [0.717, 1.165) is 13.1 Å². The molecule has 0 amide bonds. The van der Waals surface area contributed by atoms with E-state index >= 15 is 0 Å². The summed E-state index contributed by atoms with van der Waals surface area (Å²) in [4.78, 5) is 31.7. The second-order valence-corrected chi connectivity index (χ2v) is 4.87. The molecule has 2 N–H and O–H groups in total. The number of benzene rings is 1. The normalized spacial score (nSPS) is 15.7. The van der Waals surface area contributed by atoms with E-state index in [1.54, 1.807) is 0 Å². The van der Waals surface area contributed by atoms with Crippen molar-refractivity contribution in [1.82, 2.24) is 4.90 Å². The Morgan fingerprint density at radius 1 is 1.14 bits per heavy atom. The van der Waals surface area contributed by atoms with Crippen LogP contribution in [0.4, 0.5) is 0 Å². The highest BCUT2D eigenvalue weighted by atomic mass is 16.5. The van der Waals surface area contributed by atoms with Gasteiger partial charge in [0.25, 0.3) is 0 Å². The molecule has 7 nitrogen and oxygen atoms in total. The molecule has 120 valence electrons. The second-order valence-electron chi connectivity index (χ2n) is 4.87. The third-order valence-electron chi connectivity index (χ3n) is 3.46. The van der Waals surface area contributed by atoms with Crippen LogP contribution in [0.15, 0.2) is 30.3 Å². The molecule has 0 aromatic heterocycles. The molecule has 22 heavy (non-hydrogen) atoms. The van der Waals surface area contributed by atoms with E-state index in [1.165, 1.54) is 12.7 Å². The molecule has 1 heterocycles. The number of hydrogen-bond donors (Lipinski definition) is 2. The lowest BCUT2D eigenvalue weighted by Crippen LogP contribution is -2.51. The largest absolute Gasteiger partial charge is 0.473 e. The number of carboxylic acids is 2. The van der Waals surface area contributed by atoms with Gasteiger partial charge < -0.3 is 14.9 Å². The van der Waals surface area contributed by atoms with Crippen molar-refractivity contribution in [3.63, 3.8) is 0 Å². The lowest BCUT2D eigenvalue weighted by atomic mass is 9.95. The molecule has 1 aromatic carbocycles. The number of rotatable bonds is 3. The van der Waals surface area contributed by atoms with Crippen LogP contribution in [0.2, 0.25) is 0 Å². The molecule has 1 saturated heterocycles. The Balaban J connectivity index is 0.000000346. The van der Waals surface area contributed by atoms with Gasteiger partial charge in [-0.2, -0.15) is 0 Å². The minimum Gasteiger partial charge on any atom is -0.473 e. The van der Waals surface area contributed by atoms with Gasteiger partial charge in [0.15, 0.2) is 0 Å². The van der Waals surface area contributed by atoms with Crippen LogP contribution in [0.3, 0.4) is 0 Å². The summed E-state index contributed by atoms with van der Waals surface area (Å²) in [5, 5.41) is 14.8. The summed E-state index contributed by atoms with van der Waals surface area (Å²) < 4.78 is 4.72. The average Bonchev–Trinajstić information content (AvgIpc) is 2.46. The zero-order valence-electron chi connectivity index (χ0n) is 12.4. The molecule has 0 radical (unpaired) electrons. The Bertz CT molecular complexity index is 512. The predicted octanol–water partition coefficient (Wildman–Crippen LogP) is 1.01. The number of carbonyl (C=O) groups excluding carboxylic acids is 1. The highest BCUT2D eigenvalue weighted by molar-refractivity contribution is 6.27. The fourth-order valence-electron chi connectivity index (χ4n) is 2.09. The Labute approximate surface area is 128 Å². The van der Waals surface area contributed by atoms with Crippen molar-refractivity contribution in [3.8, 4) is 0 Å². The van der Waals surface area contributed by atoms with Crippen LogP contribution in [0.5, 0.6) is 0 Å². The molecule has 7 heteroatoms. The maximum atomic E-state index is 11.2.